The summed E-state index contributed by atoms with van der Waals surface area (Å²) in [6.07, 6.45) is 4.27. The SMILES string of the molecule is COCCNCC1(CC(C)OC)CC1. The summed E-state index contributed by atoms with van der Waals surface area (Å²) in [6.45, 7) is 5.02. The van der Waals surface area contributed by atoms with Crippen molar-refractivity contribution in [3.05, 3.63) is 0 Å². The van der Waals surface area contributed by atoms with Crippen LogP contribution >= 0.6 is 0 Å². The van der Waals surface area contributed by atoms with Crippen LogP contribution in [0.25, 0.3) is 0 Å². The molecule has 3 nitrogen and oxygen atoms in total. The summed E-state index contributed by atoms with van der Waals surface area (Å²) < 4.78 is 10.3. The van der Waals surface area contributed by atoms with E-state index in [-0.39, 0.29) is 0 Å². The molecule has 1 rings (SSSR count). The van der Waals surface area contributed by atoms with E-state index in [4.69, 9.17) is 9.47 Å². The van der Waals surface area contributed by atoms with E-state index in [1.165, 1.54) is 19.3 Å². The molecule has 1 N–H and O–H groups in total. The topological polar surface area (TPSA) is 30.5 Å². The molecule has 84 valence electrons. The molecule has 0 amide bonds. The Balaban J connectivity index is 2.09. The molecule has 0 radical (unpaired) electrons. The van der Waals surface area contributed by atoms with Crippen LogP contribution in [-0.4, -0.2) is 40.0 Å². The minimum atomic E-state index is 0.390. The predicted molar refractivity (Wildman–Crippen MR) is 57.5 cm³/mol. The second-order valence-electron chi connectivity index (χ2n) is 4.42. The third-order valence-electron chi connectivity index (χ3n) is 3.06. The quantitative estimate of drug-likeness (QED) is 0.603. The van der Waals surface area contributed by atoms with Crippen molar-refractivity contribution in [3.8, 4) is 0 Å². The second kappa shape index (κ2) is 5.69. The molecule has 0 aromatic rings. The number of hydrogen-bond acceptors (Lipinski definition) is 3. The van der Waals surface area contributed by atoms with Crippen molar-refractivity contribution in [3.63, 3.8) is 0 Å². The first-order valence-corrected chi connectivity index (χ1v) is 5.45. The largest absolute Gasteiger partial charge is 0.383 e. The summed E-state index contributed by atoms with van der Waals surface area (Å²) in [7, 11) is 3.53. The van der Waals surface area contributed by atoms with Crippen molar-refractivity contribution >= 4 is 0 Å². The van der Waals surface area contributed by atoms with Gasteiger partial charge < -0.3 is 14.8 Å². The molecule has 3 heteroatoms. The molecule has 0 aliphatic heterocycles. The van der Waals surface area contributed by atoms with Crippen LogP contribution in [0.1, 0.15) is 26.2 Å². The molecule has 1 saturated carbocycles. The number of nitrogens with one attached hydrogen (secondary N) is 1. The Morgan fingerprint density at radius 3 is 2.57 bits per heavy atom. The van der Waals surface area contributed by atoms with Crippen LogP contribution in [0, 0.1) is 5.41 Å². The van der Waals surface area contributed by atoms with Gasteiger partial charge in [-0.3, -0.25) is 0 Å². The maximum Gasteiger partial charge on any atom is 0.0587 e. The van der Waals surface area contributed by atoms with Crippen LogP contribution in [0.2, 0.25) is 0 Å². The third-order valence-corrected chi connectivity index (χ3v) is 3.06. The van der Waals surface area contributed by atoms with Crippen LogP contribution < -0.4 is 5.32 Å². The van der Waals surface area contributed by atoms with Gasteiger partial charge >= 0.3 is 0 Å². The van der Waals surface area contributed by atoms with Gasteiger partial charge in [0.15, 0.2) is 0 Å². The fourth-order valence-corrected chi connectivity index (χ4v) is 1.85. The highest BCUT2D eigenvalue weighted by atomic mass is 16.5. The Labute approximate surface area is 87.2 Å². The monoisotopic (exact) mass is 201 g/mol. The average molecular weight is 201 g/mol. The first-order valence-electron chi connectivity index (χ1n) is 5.45. The highest BCUT2D eigenvalue weighted by Crippen LogP contribution is 2.49. The lowest BCUT2D eigenvalue weighted by molar-refractivity contribution is 0.0897. The number of methoxy groups -OCH3 is 2. The minimum absolute atomic E-state index is 0.390. The van der Waals surface area contributed by atoms with Crippen LogP contribution in [0.4, 0.5) is 0 Å². The summed E-state index contributed by atoms with van der Waals surface area (Å²) in [5.74, 6) is 0. The van der Waals surface area contributed by atoms with Gasteiger partial charge in [-0.25, -0.2) is 0 Å². The average Bonchev–Trinajstić information content (AvgIpc) is 2.93. The number of ether oxygens (including phenoxy) is 2. The van der Waals surface area contributed by atoms with Crippen molar-refractivity contribution in [2.24, 2.45) is 5.41 Å². The van der Waals surface area contributed by atoms with Crippen molar-refractivity contribution in [1.82, 2.24) is 5.32 Å². The molecule has 0 heterocycles. The molecule has 0 spiro atoms. The number of rotatable bonds is 8. The van der Waals surface area contributed by atoms with E-state index in [1.54, 1.807) is 14.2 Å². The summed E-state index contributed by atoms with van der Waals surface area (Å²) in [5, 5.41) is 3.44. The van der Waals surface area contributed by atoms with Gasteiger partial charge in [0, 0.05) is 27.3 Å². The molecule has 1 aliphatic rings. The van der Waals surface area contributed by atoms with E-state index < -0.39 is 0 Å². The Morgan fingerprint density at radius 1 is 1.36 bits per heavy atom. The van der Waals surface area contributed by atoms with E-state index in [2.05, 4.69) is 12.2 Å². The maximum atomic E-state index is 5.30. The van der Waals surface area contributed by atoms with Crippen molar-refractivity contribution in [2.75, 3.05) is 33.9 Å². The normalized spacial score (nSPS) is 20.8. The summed E-state index contributed by atoms with van der Waals surface area (Å²) in [5.41, 5.74) is 0.531. The van der Waals surface area contributed by atoms with Gasteiger partial charge in [-0.1, -0.05) is 0 Å². The summed E-state index contributed by atoms with van der Waals surface area (Å²) in [4.78, 5) is 0. The minimum Gasteiger partial charge on any atom is -0.383 e. The zero-order chi connectivity index (χ0) is 10.4. The molecule has 1 atom stereocenters. The lowest BCUT2D eigenvalue weighted by atomic mass is 9.99. The molecule has 0 aromatic heterocycles. The highest BCUT2D eigenvalue weighted by Gasteiger charge is 2.42. The molecule has 14 heavy (non-hydrogen) atoms. The molecule has 1 fully saturated rings. The molecular weight excluding hydrogens is 178 g/mol. The first kappa shape index (κ1) is 12.0. The first-order chi connectivity index (χ1) is 6.72. The predicted octanol–water partition coefficient (Wildman–Crippen LogP) is 1.43. The summed E-state index contributed by atoms with van der Waals surface area (Å²) in [6, 6.07) is 0. The van der Waals surface area contributed by atoms with Crippen LogP contribution in [-0.2, 0) is 9.47 Å². The smallest absolute Gasteiger partial charge is 0.0587 e. The van der Waals surface area contributed by atoms with E-state index in [9.17, 15) is 0 Å². The maximum absolute atomic E-state index is 5.30. The number of hydrogen-bond donors (Lipinski definition) is 1. The molecule has 0 saturated heterocycles. The molecule has 0 bridgehead atoms. The van der Waals surface area contributed by atoms with Crippen LogP contribution in [0.3, 0.4) is 0 Å². The van der Waals surface area contributed by atoms with Gasteiger partial charge in [0.2, 0.25) is 0 Å². The van der Waals surface area contributed by atoms with Crippen molar-refractivity contribution in [1.29, 1.82) is 0 Å². The Morgan fingerprint density at radius 2 is 2.07 bits per heavy atom. The van der Waals surface area contributed by atoms with Gasteiger partial charge in [-0.15, -0.1) is 0 Å². The zero-order valence-electron chi connectivity index (χ0n) is 9.64. The fourth-order valence-electron chi connectivity index (χ4n) is 1.85. The standard InChI is InChI=1S/C11H23NO2/c1-10(14-3)8-11(4-5-11)9-12-6-7-13-2/h10,12H,4-9H2,1-3H3. The molecule has 1 unspecified atom stereocenters. The lowest BCUT2D eigenvalue weighted by Crippen LogP contribution is -2.29. The van der Waals surface area contributed by atoms with Crippen LogP contribution in [0.5, 0.6) is 0 Å². The van der Waals surface area contributed by atoms with Gasteiger partial charge in [0.05, 0.1) is 12.7 Å². The fraction of sp³-hybridized carbons (Fsp3) is 1.00. The van der Waals surface area contributed by atoms with Gasteiger partial charge in [0.1, 0.15) is 0 Å². The Hall–Kier alpha value is -0.120. The zero-order valence-corrected chi connectivity index (χ0v) is 9.64. The van der Waals surface area contributed by atoms with E-state index in [0.717, 1.165) is 19.7 Å². The van der Waals surface area contributed by atoms with Gasteiger partial charge in [0.25, 0.3) is 0 Å². The Kier molecular flexibility index (Phi) is 4.85. The lowest BCUT2D eigenvalue weighted by Gasteiger charge is -2.19. The van der Waals surface area contributed by atoms with E-state index in [0.29, 0.717) is 11.5 Å². The van der Waals surface area contributed by atoms with Gasteiger partial charge in [-0.2, -0.15) is 0 Å². The Bertz CT molecular complexity index is 157. The molecule has 0 aromatic carbocycles. The van der Waals surface area contributed by atoms with Gasteiger partial charge in [-0.05, 0) is 31.6 Å². The van der Waals surface area contributed by atoms with Crippen molar-refractivity contribution in [2.45, 2.75) is 32.3 Å². The summed E-state index contributed by atoms with van der Waals surface area (Å²) >= 11 is 0. The second-order valence-corrected chi connectivity index (χ2v) is 4.42. The van der Waals surface area contributed by atoms with E-state index >= 15 is 0 Å². The molecule has 1 aliphatic carbocycles. The van der Waals surface area contributed by atoms with Crippen molar-refractivity contribution < 1.29 is 9.47 Å². The third kappa shape index (κ3) is 3.95. The van der Waals surface area contributed by atoms with E-state index in [1.807, 2.05) is 0 Å². The highest BCUT2D eigenvalue weighted by molar-refractivity contribution is 4.95. The molecular formula is C11H23NO2. The van der Waals surface area contributed by atoms with Crippen LogP contribution in [0.15, 0.2) is 0 Å².